The Bertz CT molecular complexity index is 589. The predicted octanol–water partition coefficient (Wildman–Crippen LogP) is 2.22. The zero-order chi connectivity index (χ0) is 14.4. The third kappa shape index (κ3) is 2.22. The third-order valence-corrected chi connectivity index (χ3v) is 4.47. The van der Waals surface area contributed by atoms with Crippen LogP contribution in [0.15, 0.2) is 22.7 Å². The van der Waals surface area contributed by atoms with Gasteiger partial charge in [0.1, 0.15) is 17.9 Å². The van der Waals surface area contributed by atoms with E-state index in [2.05, 4.69) is 21.2 Å². The summed E-state index contributed by atoms with van der Waals surface area (Å²) in [5.74, 6) is -0.439. The number of hydrogen-bond acceptors (Lipinski definition) is 2. The summed E-state index contributed by atoms with van der Waals surface area (Å²) in [4.78, 5) is 26.1. The van der Waals surface area contributed by atoms with Crippen LogP contribution in [-0.2, 0) is 9.59 Å². The maximum atomic E-state index is 13.2. The number of benzene rings is 1. The summed E-state index contributed by atoms with van der Waals surface area (Å²) in [6.45, 7) is 1.67. The highest BCUT2D eigenvalue weighted by atomic mass is 79.9. The van der Waals surface area contributed by atoms with Crippen molar-refractivity contribution in [3.05, 3.63) is 28.5 Å². The first-order valence-electron chi connectivity index (χ1n) is 6.57. The summed E-state index contributed by atoms with van der Waals surface area (Å²) in [5.41, 5.74) is 0.532. The van der Waals surface area contributed by atoms with Gasteiger partial charge in [0, 0.05) is 4.47 Å². The quantitative estimate of drug-likeness (QED) is 0.897. The Kier molecular flexibility index (Phi) is 3.28. The number of nitrogens with one attached hydrogen (secondary N) is 1. The summed E-state index contributed by atoms with van der Waals surface area (Å²) >= 11 is 3.26. The minimum atomic E-state index is -0.598. The summed E-state index contributed by atoms with van der Waals surface area (Å²) in [7, 11) is 0. The molecule has 4 nitrogen and oxygen atoms in total. The molecule has 2 aliphatic rings. The number of piperazine rings is 1. The fraction of sp³-hybridized carbons (Fsp3) is 0.429. The van der Waals surface area contributed by atoms with Crippen molar-refractivity contribution >= 4 is 33.4 Å². The van der Waals surface area contributed by atoms with Crippen LogP contribution < -0.4 is 10.2 Å². The fourth-order valence-corrected chi connectivity index (χ4v) is 3.09. The largest absolute Gasteiger partial charge is 0.342 e. The fourth-order valence-electron chi connectivity index (χ4n) is 2.55. The van der Waals surface area contributed by atoms with Crippen molar-refractivity contribution in [3.8, 4) is 0 Å². The van der Waals surface area contributed by atoms with Crippen LogP contribution in [-0.4, -0.2) is 23.9 Å². The lowest BCUT2D eigenvalue weighted by Gasteiger charge is -2.38. The van der Waals surface area contributed by atoms with Crippen LogP contribution in [0, 0.1) is 11.7 Å². The van der Waals surface area contributed by atoms with Crippen molar-refractivity contribution in [3.63, 3.8) is 0 Å². The van der Waals surface area contributed by atoms with Crippen molar-refractivity contribution in [2.24, 2.45) is 5.92 Å². The van der Waals surface area contributed by atoms with Gasteiger partial charge in [-0.05, 0) is 59.8 Å². The summed E-state index contributed by atoms with van der Waals surface area (Å²) in [5, 5.41) is 2.79. The summed E-state index contributed by atoms with van der Waals surface area (Å²) < 4.78 is 13.7. The number of carbonyl (C=O) groups is 2. The average Bonchev–Trinajstić information content (AvgIpc) is 3.21. The molecule has 2 atom stereocenters. The Balaban J connectivity index is 1.99. The normalized spacial score (nSPS) is 26.6. The zero-order valence-corrected chi connectivity index (χ0v) is 12.5. The highest BCUT2D eigenvalue weighted by molar-refractivity contribution is 9.10. The van der Waals surface area contributed by atoms with Crippen molar-refractivity contribution in [2.45, 2.75) is 31.8 Å². The molecule has 0 spiro atoms. The molecule has 0 aromatic heterocycles. The number of carbonyl (C=O) groups excluding carboxylic acids is 2. The van der Waals surface area contributed by atoms with Gasteiger partial charge < -0.3 is 5.32 Å². The maximum Gasteiger partial charge on any atom is 0.250 e. The van der Waals surface area contributed by atoms with Gasteiger partial charge in [-0.3, -0.25) is 14.5 Å². The molecule has 1 saturated heterocycles. The van der Waals surface area contributed by atoms with Crippen molar-refractivity contribution in [2.75, 3.05) is 4.90 Å². The Morgan fingerprint density at radius 2 is 2.05 bits per heavy atom. The maximum absolute atomic E-state index is 13.2. The van der Waals surface area contributed by atoms with Gasteiger partial charge in [0.15, 0.2) is 0 Å². The van der Waals surface area contributed by atoms with Crippen LogP contribution in [0.1, 0.15) is 19.8 Å². The Morgan fingerprint density at radius 3 is 2.65 bits per heavy atom. The monoisotopic (exact) mass is 340 g/mol. The van der Waals surface area contributed by atoms with E-state index in [4.69, 9.17) is 0 Å². The molecule has 1 heterocycles. The molecule has 1 saturated carbocycles. The summed E-state index contributed by atoms with van der Waals surface area (Å²) in [6, 6.07) is 3.07. The smallest absolute Gasteiger partial charge is 0.250 e. The number of halogens is 2. The van der Waals surface area contributed by atoms with E-state index >= 15 is 0 Å². The van der Waals surface area contributed by atoms with Crippen molar-refractivity contribution in [1.82, 2.24) is 5.32 Å². The van der Waals surface area contributed by atoms with Crippen LogP contribution in [0.2, 0.25) is 0 Å². The number of rotatable bonds is 2. The van der Waals surface area contributed by atoms with E-state index in [9.17, 15) is 14.0 Å². The minimum absolute atomic E-state index is 0.119. The van der Waals surface area contributed by atoms with Crippen LogP contribution in [0.3, 0.4) is 0 Å². The van der Waals surface area contributed by atoms with E-state index in [0.29, 0.717) is 10.2 Å². The lowest BCUT2D eigenvalue weighted by Crippen LogP contribution is -2.63. The zero-order valence-electron chi connectivity index (χ0n) is 10.9. The molecule has 2 unspecified atom stereocenters. The lowest BCUT2D eigenvalue weighted by molar-refractivity contribution is -0.134. The average molecular weight is 341 g/mol. The van der Waals surface area contributed by atoms with Gasteiger partial charge >= 0.3 is 0 Å². The highest BCUT2D eigenvalue weighted by Crippen LogP contribution is 2.37. The van der Waals surface area contributed by atoms with Crippen LogP contribution in [0.5, 0.6) is 0 Å². The molecule has 1 aliphatic heterocycles. The van der Waals surface area contributed by atoms with Gasteiger partial charge in [0.05, 0.1) is 5.69 Å². The first-order valence-corrected chi connectivity index (χ1v) is 7.37. The van der Waals surface area contributed by atoms with Gasteiger partial charge in [-0.2, -0.15) is 0 Å². The third-order valence-electron chi connectivity index (χ3n) is 3.83. The highest BCUT2D eigenvalue weighted by Gasteiger charge is 2.46. The predicted molar refractivity (Wildman–Crippen MR) is 75.7 cm³/mol. The molecule has 1 aromatic rings. The molecule has 1 N–H and O–H groups in total. The van der Waals surface area contributed by atoms with Gasteiger partial charge in [0.2, 0.25) is 5.91 Å². The summed E-state index contributed by atoms with van der Waals surface area (Å²) in [6.07, 6.45) is 1.92. The molecule has 6 heteroatoms. The van der Waals surface area contributed by atoms with Gasteiger partial charge in [-0.25, -0.2) is 4.39 Å². The van der Waals surface area contributed by atoms with Gasteiger partial charge in [0.25, 0.3) is 5.91 Å². The van der Waals surface area contributed by atoms with E-state index in [1.54, 1.807) is 6.92 Å². The second-order valence-corrected chi connectivity index (χ2v) is 6.16. The number of anilines is 1. The van der Waals surface area contributed by atoms with E-state index in [0.717, 1.165) is 12.8 Å². The first-order chi connectivity index (χ1) is 9.49. The second-order valence-electron chi connectivity index (χ2n) is 5.30. The van der Waals surface area contributed by atoms with Gasteiger partial charge in [-0.1, -0.05) is 0 Å². The van der Waals surface area contributed by atoms with E-state index in [-0.39, 0.29) is 23.5 Å². The van der Waals surface area contributed by atoms with Gasteiger partial charge in [-0.15, -0.1) is 0 Å². The molecular weight excluding hydrogens is 327 g/mol. The number of nitrogens with zero attached hydrogens (tertiary/aromatic N) is 1. The first kappa shape index (κ1) is 13.5. The number of hydrogen-bond donors (Lipinski definition) is 1. The molecule has 3 rings (SSSR count). The van der Waals surface area contributed by atoms with Crippen LogP contribution in [0.25, 0.3) is 0 Å². The van der Waals surface area contributed by atoms with E-state index in [1.807, 2.05) is 0 Å². The number of amides is 2. The van der Waals surface area contributed by atoms with E-state index < -0.39 is 12.1 Å². The van der Waals surface area contributed by atoms with Crippen LogP contribution in [0.4, 0.5) is 10.1 Å². The SMILES string of the molecule is CC1C(=O)NC(C2CC2)C(=O)N1c1ccc(F)cc1Br. The molecular formula is C14H14BrFN2O2. The molecule has 2 amide bonds. The molecule has 1 aromatic carbocycles. The van der Waals surface area contributed by atoms with Crippen LogP contribution >= 0.6 is 15.9 Å². The Hall–Kier alpha value is -1.43. The van der Waals surface area contributed by atoms with Crippen molar-refractivity contribution < 1.29 is 14.0 Å². The second kappa shape index (κ2) is 4.84. The molecule has 1 aliphatic carbocycles. The molecule has 2 fully saturated rings. The molecule has 20 heavy (non-hydrogen) atoms. The lowest BCUT2D eigenvalue weighted by atomic mass is 10.0. The molecule has 0 radical (unpaired) electrons. The standard InChI is InChI=1S/C14H14BrFN2O2/c1-7-13(19)17-12(8-2-3-8)14(20)18(7)11-5-4-9(16)6-10(11)15/h4-8,12H,2-3H2,1H3,(H,17,19). The molecule has 106 valence electrons. The van der Waals surface area contributed by atoms with Crippen molar-refractivity contribution in [1.29, 1.82) is 0 Å². The van der Waals surface area contributed by atoms with E-state index in [1.165, 1.54) is 23.1 Å². The topological polar surface area (TPSA) is 49.4 Å². The minimum Gasteiger partial charge on any atom is -0.342 e. The molecule has 0 bridgehead atoms. The Labute approximate surface area is 124 Å². The Morgan fingerprint density at radius 1 is 1.35 bits per heavy atom.